The van der Waals surface area contributed by atoms with E-state index in [4.69, 9.17) is 10.5 Å². The first kappa shape index (κ1) is 23.6. The molecule has 0 saturated carbocycles. The zero-order valence-corrected chi connectivity index (χ0v) is 16.9. The number of carbonyl (C=O) groups excluding carboxylic acids is 2. The van der Waals surface area contributed by atoms with Crippen LogP contribution in [0.25, 0.3) is 0 Å². The Balaban J connectivity index is 0.00000182. The third kappa shape index (κ3) is 5.31. The number of hydrogen-bond acceptors (Lipinski definition) is 5. The lowest BCUT2D eigenvalue weighted by Gasteiger charge is -2.37. The summed E-state index contributed by atoms with van der Waals surface area (Å²) >= 11 is 0. The third-order valence-corrected chi connectivity index (χ3v) is 4.93. The summed E-state index contributed by atoms with van der Waals surface area (Å²) < 4.78 is 19.9. The molecule has 0 aromatic heterocycles. The minimum Gasteiger partial charge on any atom is -0.366 e. The first-order chi connectivity index (χ1) is 12.0. The lowest BCUT2D eigenvalue weighted by atomic mass is 10.1. The molecule has 1 amide bonds. The van der Waals surface area contributed by atoms with E-state index in [9.17, 15) is 14.0 Å². The van der Waals surface area contributed by atoms with E-state index in [-0.39, 0.29) is 42.6 Å². The smallest absolute Gasteiger partial charge is 0.251 e. The Labute approximate surface area is 171 Å². The number of rotatable bonds is 4. The molecule has 2 heterocycles. The third-order valence-electron chi connectivity index (χ3n) is 4.93. The number of ether oxygens (including phenoxy) is 1. The van der Waals surface area contributed by atoms with Crippen LogP contribution in [0.2, 0.25) is 0 Å². The molecule has 1 aromatic rings. The highest BCUT2D eigenvalue weighted by Crippen LogP contribution is 2.24. The molecule has 2 N–H and O–H groups in total. The molecule has 2 saturated heterocycles. The van der Waals surface area contributed by atoms with E-state index in [1.807, 2.05) is 4.90 Å². The Morgan fingerprint density at radius 3 is 2.37 bits per heavy atom. The van der Waals surface area contributed by atoms with Gasteiger partial charge in [0, 0.05) is 38.3 Å². The molecule has 0 aliphatic carbocycles. The molecule has 3 rings (SSSR count). The summed E-state index contributed by atoms with van der Waals surface area (Å²) in [4.78, 5) is 27.5. The molecule has 2 aliphatic heterocycles. The van der Waals surface area contributed by atoms with Crippen LogP contribution >= 0.6 is 24.8 Å². The topological polar surface area (TPSA) is 75.9 Å². The van der Waals surface area contributed by atoms with Crippen LogP contribution in [0.1, 0.15) is 30.1 Å². The zero-order valence-electron chi connectivity index (χ0n) is 15.2. The van der Waals surface area contributed by atoms with Crippen molar-refractivity contribution in [2.75, 3.05) is 37.6 Å². The highest BCUT2D eigenvalue weighted by Gasteiger charge is 2.34. The summed E-state index contributed by atoms with van der Waals surface area (Å²) in [6.45, 7) is 4.01. The first-order valence-electron chi connectivity index (χ1n) is 8.69. The normalized spacial score (nSPS) is 22.0. The second-order valence-corrected chi connectivity index (χ2v) is 6.59. The molecule has 0 radical (unpaired) electrons. The van der Waals surface area contributed by atoms with Gasteiger partial charge in [-0.25, -0.2) is 4.39 Å². The van der Waals surface area contributed by atoms with Crippen molar-refractivity contribution in [1.82, 2.24) is 4.90 Å². The minimum absolute atomic E-state index is 0. The van der Waals surface area contributed by atoms with Gasteiger partial charge in [-0.3, -0.25) is 9.59 Å². The van der Waals surface area contributed by atoms with Gasteiger partial charge in [-0.15, -0.1) is 24.8 Å². The zero-order chi connectivity index (χ0) is 18.0. The average molecular weight is 422 g/mol. The number of ketones is 1. The van der Waals surface area contributed by atoms with E-state index < -0.39 is 11.9 Å². The second-order valence-electron chi connectivity index (χ2n) is 6.59. The number of piperazine rings is 1. The van der Waals surface area contributed by atoms with Crippen molar-refractivity contribution < 1.29 is 18.7 Å². The summed E-state index contributed by atoms with van der Waals surface area (Å²) in [6, 6.07) is 4.54. The fourth-order valence-electron chi connectivity index (χ4n) is 3.41. The van der Waals surface area contributed by atoms with Crippen molar-refractivity contribution in [1.29, 1.82) is 0 Å². The molecule has 0 bridgehead atoms. The number of Topliss-reactive ketones (excluding diaryl/α,β-unsaturated/α-hetero) is 1. The average Bonchev–Trinajstić information content (AvgIpc) is 3.10. The number of carbonyl (C=O) groups is 2. The number of anilines is 1. The number of nitrogens with two attached hydrogens (primary N) is 1. The van der Waals surface area contributed by atoms with Gasteiger partial charge in [0.15, 0.2) is 5.78 Å². The maximum absolute atomic E-state index is 14.3. The summed E-state index contributed by atoms with van der Waals surface area (Å²) in [6.07, 6.45) is 1.11. The Morgan fingerprint density at radius 1 is 1.19 bits per heavy atom. The van der Waals surface area contributed by atoms with E-state index in [1.165, 1.54) is 13.0 Å². The number of benzene rings is 1. The summed E-state index contributed by atoms with van der Waals surface area (Å²) in [5, 5.41) is 0. The lowest BCUT2D eigenvalue weighted by molar-refractivity contribution is -0.143. The van der Waals surface area contributed by atoms with Gasteiger partial charge in [-0.1, -0.05) is 0 Å². The molecule has 0 spiro atoms. The molecule has 6 nitrogen and oxygen atoms in total. The van der Waals surface area contributed by atoms with Crippen LogP contribution in [0.15, 0.2) is 18.2 Å². The standard InChI is InChI=1S/C18H24FN3O3.2ClH/c1-12(23)13-2-4-16(15(19)10-13)21-6-8-22(9-7-21)18(24)17-5-3-14(11-20)25-17;;/h2,4,10,14,17H,3,5-9,11,20H2,1H3;2*1H/t14-,17+;;/m1../s1. The van der Waals surface area contributed by atoms with Crippen molar-refractivity contribution in [3.05, 3.63) is 29.6 Å². The first-order valence-corrected chi connectivity index (χ1v) is 8.69. The van der Waals surface area contributed by atoms with Gasteiger partial charge in [0.1, 0.15) is 11.9 Å². The van der Waals surface area contributed by atoms with Gasteiger partial charge in [-0.05, 0) is 38.0 Å². The number of halogens is 3. The Hall–Kier alpha value is -1.41. The summed E-state index contributed by atoms with van der Waals surface area (Å²) in [7, 11) is 0. The maximum atomic E-state index is 14.3. The number of nitrogens with zero attached hydrogens (tertiary/aromatic N) is 2. The van der Waals surface area contributed by atoms with Crippen LogP contribution in [0.3, 0.4) is 0 Å². The Kier molecular flexibility index (Phi) is 8.94. The van der Waals surface area contributed by atoms with Gasteiger partial charge >= 0.3 is 0 Å². The monoisotopic (exact) mass is 421 g/mol. The SMILES string of the molecule is CC(=O)c1ccc(N2CCN(C(=O)[C@@H]3CC[C@H](CN)O3)CC2)c(F)c1.Cl.Cl. The van der Waals surface area contributed by atoms with Crippen molar-refractivity contribution in [3.63, 3.8) is 0 Å². The summed E-state index contributed by atoms with van der Waals surface area (Å²) in [5.74, 6) is -0.561. The van der Waals surface area contributed by atoms with Crippen LogP contribution in [0.4, 0.5) is 10.1 Å². The van der Waals surface area contributed by atoms with Crippen LogP contribution in [-0.4, -0.2) is 61.5 Å². The van der Waals surface area contributed by atoms with Gasteiger partial charge in [-0.2, -0.15) is 0 Å². The second kappa shape index (κ2) is 10.2. The van der Waals surface area contributed by atoms with Crippen molar-refractivity contribution in [2.45, 2.75) is 32.0 Å². The summed E-state index contributed by atoms with van der Waals surface area (Å²) in [5.41, 5.74) is 6.42. The molecule has 152 valence electrons. The van der Waals surface area contributed by atoms with Crippen LogP contribution in [-0.2, 0) is 9.53 Å². The molecule has 0 unspecified atom stereocenters. The highest BCUT2D eigenvalue weighted by atomic mass is 35.5. The highest BCUT2D eigenvalue weighted by molar-refractivity contribution is 5.94. The van der Waals surface area contributed by atoms with Crippen LogP contribution in [0.5, 0.6) is 0 Å². The number of amides is 1. The maximum Gasteiger partial charge on any atom is 0.251 e. The minimum atomic E-state index is -0.405. The van der Waals surface area contributed by atoms with Gasteiger partial charge in [0.05, 0.1) is 11.8 Å². The van der Waals surface area contributed by atoms with Gasteiger partial charge in [0.2, 0.25) is 0 Å². The van der Waals surface area contributed by atoms with E-state index in [1.54, 1.807) is 17.0 Å². The van der Waals surface area contributed by atoms with Crippen LogP contribution < -0.4 is 10.6 Å². The predicted molar refractivity (Wildman–Crippen MR) is 107 cm³/mol. The quantitative estimate of drug-likeness (QED) is 0.752. The van der Waals surface area contributed by atoms with Gasteiger partial charge in [0.25, 0.3) is 5.91 Å². The largest absolute Gasteiger partial charge is 0.366 e. The molecule has 2 aliphatic rings. The molecule has 2 atom stereocenters. The fraction of sp³-hybridized carbons (Fsp3) is 0.556. The number of hydrogen-bond donors (Lipinski definition) is 1. The Bertz CT molecular complexity index is 669. The van der Waals surface area contributed by atoms with Crippen molar-refractivity contribution in [2.24, 2.45) is 5.73 Å². The lowest BCUT2D eigenvalue weighted by Crippen LogP contribution is -2.51. The molecule has 1 aromatic carbocycles. The fourth-order valence-corrected chi connectivity index (χ4v) is 3.41. The predicted octanol–water partition coefficient (Wildman–Crippen LogP) is 2.03. The Morgan fingerprint density at radius 2 is 1.85 bits per heavy atom. The van der Waals surface area contributed by atoms with E-state index in [2.05, 4.69) is 0 Å². The molecular weight excluding hydrogens is 396 g/mol. The van der Waals surface area contributed by atoms with Crippen molar-refractivity contribution >= 4 is 42.2 Å². The molecule has 9 heteroatoms. The molecular formula is C18H26Cl2FN3O3. The van der Waals surface area contributed by atoms with E-state index in [0.29, 0.717) is 50.4 Å². The van der Waals surface area contributed by atoms with E-state index in [0.717, 1.165) is 6.42 Å². The van der Waals surface area contributed by atoms with E-state index >= 15 is 0 Å². The molecule has 2 fully saturated rings. The van der Waals surface area contributed by atoms with Crippen LogP contribution in [0, 0.1) is 5.82 Å². The van der Waals surface area contributed by atoms with Crippen molar-refractivity contribution in [3.8, 4) is 0 Å². The molecule has 27 heavy (non-hydrogen) atoms. The van der Waals surface area contributed by atoms with Gasteiger partial charge < -0.3 is 20.3 Å².